The molecule has 2 aromatic carbocycles. The van der Waals surface area contributed by atoms with Gasteiger partial charge in [-0.05, 0) is 36.4 Å². The van der Waals surface area contributed by atoms with Crippen LogP contribution in [0.25, 0.3) is 16.2 Å². The van der Waals surface area contributed by atoms with Gasteiger partial charge in [0.2, 0.25) is 9.30 Å². The van der Waals surface area contributed by atoms with Gasteiger partial charge in [0, 0.05) is 11.6 Å². The van der Waals surface area contributed by atoms with Gasteiger partial charge < -0.3 is 4.74 Å². The molecule has 0 radical (unpaired) electrons. The molecule has 0 bridgehead atoms. The average molecular weight is 441 g/mol. The Balaban J connectivity index is 1.57. The standard InChI is InChI=1S/C16H10Cl2N4O3S2/c17-12-6-5-11(7-13(12)18)25-10-3-1-9(2-4-10)14-8-22-15(20-14)26-16(21-22)27(19,23)24/h1-8H,(H2,19,23,24). The van der Waals surface area contributed by atoms with Crippen LogP contribution in [0.4, 0.5) is 0 Å². The molecule has 0 atom stereocenters. The molecule has 2 aromatic heterocycles. The van der Waals surface area contributed by atoms with Gasteiger partial charge in [-0.2, -0.15) is 0 Å². The molecule has 4 aromatic rings. The lowest BCUT2D eigenvalue weighted by Crippen LogP contribution is -2.12. The lowest BCUT2D eigenvalue weighted by molar-refractivity contribution is 0.483. The number of nitrogens with zero attached hydrogens (tertiary/aromatic N) is 3. The number of sulfonamides is 1. The second-order valence-electron chi connectivity index (χ2n) is 5.47. The quantitative estimate of drug-likeness (QED) is 0.512. The van der Waals surface area contributed by atoms with E-state index >= 15 is 0 Å². The van der Waals surface area contributed by atoms with Crippen LogP contribution in [-0.2, 0) is 10.0 Å². The first-order valence-corrected chi connectivity index (χ1v) is 10.5. The van der Waals surface area contributed by atoms with Crippen LogP contribution >= 0.6 is 34.5 Å². The Labute approximate surface area is 168 Å². The molecule has 2 heterocycles. The summed E-state index contributed by atoms with van der Waals surface area (Å²) in [6.07, 6.45) is 1.63. The van der Waals surface area contributed by atoms with Gasteiger partial charge in [-0.25, -0.2) is 23.1 Å². The number of halogens is 2. The van der Waals surface area contributed by atoms with Crippen molar-refractivity contribution < 1.29 is 13.2 Å². The maximum Gasteiger partial charge on any atom is 0.267 e. The fraction of sp³-hybridized carbons (Fsp3) is 0. The van der Waals surface area contributed by atoms with Crippen molar-refractivity contribution in [1.29, 1.82) is 0 Å². The number of nitrogens with two attached hydrogens (primary N) is 1. The summed E-state index contributed by atoms with van der Waals surface area (Å²) in [7, 11) is -3.84. The van der Waals surface area contributed by atoms with Crippen molar-refractivity contribution in [1.82, 2.24) is 14.6 Å². The van der Waals surface area contributed by atoms with E-state index in [9.17, 15) is 8.42 Å². The highest BCUT2D eigenvalue weighted by Crippen LogP contribution is 2.31. The highest BCUT2D eigenvalue weighted by molar-refractivity contribution is 7.91. The predicted octanol–water partition coefficient (Wildman–Crippen LogP) is 4.20. The van der Waals surface area contributed by atoms with Gasteiger partial charge in [0.05, 0.1) is 21.9 Å². The van der Waals surface area contributed by atoms with Crippen LogP contribution < -0.4 is 9.88 Å². The van der Waals surface area contributed by atoms with Crippen molar-refractivity contribution in [2.75, 3.05) is 0 Å². The summed E-state index contributed by atoms with van der Waals surface area (Å²) in [6.45, 7) is 0. The number of fused-ring (bicyclic) bond motifs is 1. The van der Waals surface area contributed by atoms with E-state index in [4.69, 9.17) is 33.1 Å². The zero-order chi connectivity index (χ0) is 19.2. The van der Waals surface area contributed by atoms with Crippen molar-refractivity contribution in [3.63, 3.8) is 0 Å². The van der Waals surface area contributed by atoms with E-state index in [-0.39, 0.29) is 4.34 Å². The maximum absolute atomic E-state index is 11.3. The summed E-state index contributed by atoms with van der Waals surface area (Å²) in [5.74, 6) is 1.19. The molecular weight excluding hydrogens is 431 g/mol. The van der Waals surface area contributed by atoms with Crippen LogP contribution in [-0.4, -0.2) is 23.0 Å². The van der Waals surface area contributed by atoms with Crippen molar-refractivity contribution in [3.8, 4) is 22.8 Å². The third-order valence-electron chi connectivity index (χ3n) is 3.54. The van der Waals surface area contributed by atoms with E-state index in [1.807, 2.05) is 12.1 Å². The smallest absolute Gasteiger partial charge is 0.267 e. The minimum atomic E-state index is -3.84. The molecule has 7 nitrogen and oxygen atoms in total. The molecule has 27 heavy (non-hydrogen) atoms. The van der Waals surface area contributed by atoms with Gasteiger partial charge >= 0.3 is 0 Å². The van der Waals surface area contributed by atoms with Gasteiger partial charge in [-0.15, -0.1) is 5.10 Å². The fourth-order valence-electron chi connectivity index (χ4n) is 2.31. The summed E-state index contributed by atoms with van der Waals surface area (Å²) in [5, 5.41) is 9.88. The SMILES string of the molecule is NS(=O)(=O)c1nn2cc(-c3ccc(Oc4ccc(Cl)c(Cl)c4)cc3)nc2s1. The largest absolute Gasteiger partial charge is 0.457 e. The highest BCUT2D eigenvalue weighted by Gasteiger charge is 2.17. The van der Waals surface area contributed by atoms with E-state index in [1.165, 1.54) is 4.52 Å². The lowest BCUT2D eigenvalue weighted by atomic mass is 10.2. The number of rotatable bonds is 4. The molecule has 4 rings (SSSR count). The normalized spacial score (nSPS) is 11.8. The molecule has 0 spiro atoms. The van der Waals surface area contributed by atoms with Gasteiger partial charge in [-0.1, -0.05) is 34.5 Å². The van der Waals surface area contributed by atoms with Crippen LogP contribution in [0.3, 0.4) is 0 Å². The van der Waals surface area contributed by atoms with Crippen LogP contribution in [0.5, 0.6) is 11.5 Å². The first kappa shape index (κ1) is 18.2. The Morgan fingerprint density at radius 1 is 1.04 bits per heavy atom. The number of primary sulfonamides is 1. The van der Waals surface area contributed by atoms with Crippen molar-refractivity contribution in [2.45, 2.75) is 4.34 Å². The number of hydrogen-bond acceptors (Lipinski definition) is 6. The molecule has 0 unspecified atom stereocenters. The molecule has 0 aliphatic rings. The zero-order valence-corrected chi connectivity index (χ0v) is 16.5. The molecule has 138 valence electrons. The Morgan fingerprint density at radius 3 is 2.37 bits per heavy atom. The second-order valence-corrected chi connectivity index (χ2v) is 8.97. The first-order chi connectivity index (χ1) is 12.8. The molecule has 0 amide bonds. The third-order valence-corrected chi connectivity index (χ3v) is 6.52. The maximum atomic E-state index is 11.3. The van der Waals surface area contributed by atoms with E-state index < -0.39 is 10.0 Å². The number of benzene rings is 2. The second kappa shape index (κ2) is 6.77. The Bertz CT molecular complexity index is 1220. The highest BCUT2D eigenvalue weighted by atomic mass is 35.5. The van der Waals surface area contributed by atoms with Gasteiger partial charge in [0.15, 0.2) is 0 Å². The molecule has 0 aliphatic heterocycles. The zero-order valence-electron chi connectivity index (χ0n) is 13.3. The number of hydrogen-bond donors (Lipinski definition) is 1. The summed E-state index contributed by atoms with van der Waals surface area (Å²) in [5.41, 5.74) is 1.47. The van der Waals surface area contributed by atoms with Crippen molar-refractivity contribution in [3.05, 3.63) is 58.7 Å². The van der Waals surface area contributed by atoms with E-state index in [0.717, 1.165) is 16.9 Å². The van der Waals surface area contributed by atoms with Crippen molar-refractivity contribution >= 4 is 49.5 Å². The van der Waals surface area contributed by atoms with Crippen LogP contribution in [0, 0.1) is 0 Å². The summed E-state index contributed by atoms with van der Waals surface area (Å²) < 4.78 is 29.6. The Hall–Kier alpha value is -2.17. The lowest BCUT2D eigenvalue weighted by Gasteiger charge is -2.07. The van der Waals surface area contributed by atoms with Gasteiger partial charge in [0.25, 0.3) is 10.0 Å². The minimum absolute atomic E-state index is 0.179. The molecule has 0 aliphatic carbocycles. The van der Waals surface area contributed by atoms with Crippen LogP contribution in [0.1, 0.15) is 0 Å². The van der Waals surface area contributed by atoms with Crippen LogP contribution in [0.2, 0.25) is 10.0 Å². The molecule has 11 heteroatoms. The Kier molecular flexibility index (Phi) is 4.57. The van der Waals surface area contributed by atoms with Gasteiger partial charge in [-0.3, -0.25) is 0 Å². The van der Waals surface area contributed by atoms with E-state index in [1.54, 1.807) is 36.5 Å². The summed E-state index contributed by atoms with van der Waals surface area (Å²) in [4.78, 5) is 4.81. The van der Waals surface area contributed by atoms with E-state index in [2.05, 4.69) is 10.1 Å². The Morgan fingerprint density at radius 2 is 1.74 bits per heavy atom. The van der Waals surface area contributed by atoms with Crippen molar-refractivity contribution in [2.24, 2.45) is 5.14 Å². The molecule has 2 N–H and O–H groups in total. The molecule has 0 fully saturated rings. The van der Waals surface area contributed by atoms with E-state index in [0.29, 0.717) is 32.2 Å². The minimum Gasteiger partial charge on any atom is -0.457 e. The summed E-state index contributed by atoms with van der Waals surface area (Å²) >= 11 is 12.8. The topological polar surface area (TPSA) is 99.6 Å². The molecule has 0 saturated carbocycles. The summed E-state index contributed by atoms with van der Waals surface area (Å²) in [6, 6.07) is 12.3. The predicted molar refractivity (Wildman–Crippen MR) is 104 cm³/mol. The average Bonchev–Trinajstić information content (AvgIpc) is 3.18. The number of imidazole rings is 1. The number of ether oxygens (including phenoxy) is 1. The molecular formula is C16H10Cl2N4O3S2. The van der Waals surface area contributed by atoms with Crippen LogP contribution in [0.15, 0.2) is 53.0 Å². The monoisotopic (exact) mass is 440 g/mol. The fourth-order valence-corrected chi connectivity index (χ4v) is 4.10. The molecule has 0 saturated heterocycles. The van der Waals surface area contributed by atoms with Gasteiger partial charge in [0.1, 0.15) is 11.5 Å². The number of aromatic nitrogens is 3. The third kappa shape index (κ3) is 3.78. The first-order valence-electron chi connectivity index (χ1n) is 7.42.